The molecule has 0 bridgehead atoms. The van der Waals surface area contributed by atoms with Crippen molar-refractivity contribution in [1.29, 1.82) is 0 Å². The van der Waals surface area contributed by atoms with Gasteiger partial charge in [-0.15, -0.1) is 0 Å². The Balaban J connectivity index is 2.17. The number of rotatable bonds is 10. The van der Waals surface area contributed by atoms with Gasteiger partial charge in [-0.1, -0.05) is 34.6 Å². The van der Waals surface area contributed by atoms with E-state index in [1.54, 1.807) is 4.57 Å². The molecule has 8 nitrogen and oxygen atoms in total. The van der Waals surface area contributed by atoms with Gasteiger partial charge in [-0.2, -0.15) is 0 Å². The molecule has 0 spiro atoms. The van der Waals surface area contributed by atoms with Crippen molar-refractivity contribution in [2.75, 3.05) is 13.2 Å². The minimum absolute atomic E-state index is 0.0696. The number of ether oxygens (including phenoxy) is 2. The standard InChI is InChI=1S/C19H34ClN3O5Si/c1-6-29(7-2,19(3,4)5)27-14-15(28-17-10-8-9-11-26-17)12-22-13-16(23(24)25)21-18(22)20/h13,15,17H,6-12,14H2,1-5H3/t15?,17-/m0/s1. The maximum atomic E-state index is 11.0. The monoisotopic (exact) mass is 447 g/mol. The lowest BCUT2D eigenvalue weighted by molar-refractivity contribution is -0.389. The summed E-state index contributed by atoms with van der Waals surface area (Å²) in [6.07, 6.45) is 3.64. The van der Waals surface area contributed by atoms with E-state index in [2.05, 4.69) is 39.6 Å². The maximum absolute atomic E-state index is 11.0. The normalized spacial score (nSPS) is 19.3. The van der Waals surface area contributed by atoms with Crippen LogP contribution in [0.15, 0.2) is 6.20 Å². The lowest BCUT2D eigenvalue weighted by Crippen LogP contribution is -2.48. The van der Waals surface area contributed by atoms with Crippen molar-refractivity contribution < 1.29 is 18.8 Å². The molecule has 0 amide bonds. The molecule has 1 saturated heterocycles. The molecule has 2 rings (SSSR count). The van der Waals surface area contributed by atoms with Crippen LogP contribution in [-0.2, 0) is 20.4 Å². The van der Waals surface area contributed by atoms with Crippen molar-refractivity contribution >= 4 is 25.7 Å². The van der Waals surface area contributed by atoms with E-state index in [1.165, 1.54) is 6.20 Å². The van der Waals surface area contributed by atoms with Crippen LogP contribution in [0.4, 0.5) is 5.82 Å². The third-order valence-corrected chi connectivity index (χ3v) is 11.9. The van der Waals surface area contributed by atoms with Gasteiger partial charge in [0.2, 0.25) is 0 Å². The second-order valence-corrected chi connectivity index (χ2v) is 14.1. The van der Waals surface area contributed by atoms with Crippen molar-refractivity contribution in [2.45, 2.75) is 89.9 Å². The minimum atomic E-state index is -2.00. The fourth-order valence-electron chi connectivity index (χ4n) is 3.97. The van der Waals surface area contributed by atoms with Gasteiger partial charge in [0.15, 0.2) is 14.6 Å². The number of hydrogen-bond donors (Lipinski definition) is 0. The molecule has 1 aromatic heterocycles. The van der Waals surface area contributed by atoms with Crippen molar-refractivity contribution in [1.82, 2.24) is 9.55 Å². The van der Waals surface area contributed by atoms with E-state index in [9.17, 15) is 10.1 Å². The first-order chi connectivity index (χ1) is 13.6. The highest BCUT2D eigenvalue weighted by Gasteiger charge is 2.44. The molecule has 10 heteroatoms. The predicted octanol–water partition coefficient (Wildman–Crippen LogP) is 5.16. The molecular weight excluding hydrogens is 414 g/mol. The smallest absolute Gasteiger partial charge is 0.383 e. The van der Waals surface area contributed by atoms with Gasteiger partial charge in [-0.3, -0.25) is 4.57 Å². The van der Waals surface area contributed by atoms with E-state index < -0.39 is 13.2 Å². The Morgan fingerprint density at radius 1 is 1.41 bits per heavy atom. The summed E-state index contributed by atoms with van der Waals surface area (Å²) in [5.74, 6) is -0.274. The van der Waals surface area contributed by atoms with Crippen LogP contribution in [0.1, 0.15) is 53.9 Å². The number of nitrogens with zero attached hydrogens (tertiary/aromatic N) is 3. The average Bonchev–Trinajstić information content (AvgIpc) is 3.03. The molecule has 1 aromatic rings. The molecule has 0 N–H and O–H groups in total. The molecule has 0 aromatic carbocycles. The first-order valence-electron chi connectivity index (χ1n) is 10.4. The molecular formula is C19H34ClN3O5Si. The zero-order valence-electron chi connectivity index (χ0n) is 18.1. The topological polar surface area (TPSA) is 88.7 Å². The van der Waals surface area contributed by atoms with Gasteiger partial charge >= 0.3 is 11.1 Å². The number of nitro groups is 1. The van der Waals surface area contributed by atoms with Gasteiger partial charge in [-0.05, 0) is 57.9 Å². The van der Waals surface area contributed by atoms with E-state index in [0.717, 1.165) is 31.4 Å². The van der Waals surface area contributed by atoms with E-state index in [-0.39, 0.29) is 28.5 Å². The molecule has 1 fully saturated rings. The SMILES string of the molecule is CC[Si](CC)(OCC(Cn1cc([N+](=O)[O-])nc1Cl)O[C@H]1CCCCO1)C(C)(C)C. The summed E-state index contributed by atoms with van der Waals surface area (Å²) in [5, 5.41) is 11.2. The molecule has 2 heterocycles. The summed E-state index contributed by atoms with van der Waals surface area (Å²) >= 11 is 6.12. The van der Waals surface area contributed by atoms with Crippen LogP contribution in [-0.4, -0.2) is 48.4 Å². The fraction of sp³-hybridized carbons (Fsp3) is 0.842. The maximum Gasteiger partial charge on any atom is 0.383 e. The van der Waals surface area contributed by atoms with Crippen LogP contribution in [0.2, 0.25) is 22.4 Å². The van der Waals surface area contributed by atoms with Crippen molar-refractivity contribution in [3.05, 3.63) is 21.6 Å². The molecule has 0 saturated carbocycles. The van der Waals surface area contributed by atoms with E-state index in [1.807, 2.05) is 0 Å². The summed E-state index contributed by atoms with van der Waals surface area (Å²) in [6.45, 7) is 12.5. The third-order valence-electron chi connectivity index (χ3n) is 5.84. The Hall–Kier alpha value is -1.00. The van der Waals surface area contributed by atoms with E-state index in [4.69, 9.17) is 25.5 Å². The van der Waals surface area contributed by atoms with Crippen LogP contribution >= 0.6 is 11.6 Å². The van der Waals surface area contributed by atoms with Crippen molar-refractivity contribution in [3.8, 4) is 0 Å². The lowest BCUT2D eigenvalue weighted by Gasteiger charge is -2.42. The quantitative estimate of drug-likeness (QED) is 0.279. The van der Waals surface area contributed by atoms with Gasteiger partial charge in [0.1, 0.15) is 12.3 Å². The van der Waals surface area contributed by atoms with Crippen molar-refractivity contribution in [3.63, 3.8) is 0 Å². The minimum Gasteiger partial charge on any atom is -0.414 e. The molecule has 2 atom stereocenters. The second kappa shape index (κ2) is 10.3. The first kappa shape index (κ1) is 24.3. The largest absolute Gasteiger partial charge is 0.414 e. The lowest BCUT2D eigenvalue weighted by atomic mass is 10.2. The molecule has 29 heavy (non-hydrogen) atoms. The first-order valence-corrected chi connectivity index (χ1v) is 13.1. The highest BCUT2D eigenvalue weighted by Crippen LogP contribution is 2.42. The Labute approximate surface area is 179 Å². The Morgan fingerprint density at radius 2 is 2.10 bits per heavy atom. The van der Waals surface area contributed by atoms with Crippen molar-refractivity contribution in [2.24, 2.45) is 0 Å². The van der Waals surface area contributed by atoms with Crippen LogP contribution < -0.4 is 0 Å². The summed E-state index contributed by atoms with van der Waals surface area (Å²) in [5.41, 5.74) is 0. The molecule has 1 aliphatic heterocycles. The van der Waals surface area contributed by atoms with Crippen LogP contribution in [0.25, 0.3) is 0 Å². The number of imidazole rings is 1. The Kier molecular flexibility index (Phi) is 8.66. The summed E-state index contributed by atoms with van der Waals surface area (Å²) in [4.78, 5) is 14.3. The average molecular weight is 448 g/mol. The molecule has 1 aliphatic rings. The summed E-state index contributed by atoms with van der Waals surface area (Å²) < 4.78 is 20.1. The molecule has 0 radical (unpaired) electrons. The number of aromatic nitrogens is 2. The van der Waals surface area contributed by atoms with E-state index in [0.29, 0.717) is 19.8 Å². The summed E-state index contributed by atoms with van der Waals surface area (Å²) in [7, 11) is -2.00. The van der Waals surface area contributed by atoms with Gasteiger partial charge in [0.25, 0.3) is 0 Å². The summed E-state index contributed by atoms with van der Waals surface area (Å²) in [6, 6.07) is 2.02. The fourth-order valence-corrected chi connectivity index (χ4v) is 8.14. The predicted molar refractivity (Wildman–Crippen MR) is 115 cm³/mol. The Morgan fingerprint density at radius 3 is 2.59 bits per heavy atom. The van der Waals surface area contributed by atoms with Crippen LogP contribution in [0, 0.1) is 10.1 Å². The molecule has 0 aliphatic carbocycles. The van der Waals surface area contributed by atoms with Gasteiger partial charge in [0.05, 0.1) is 13.2 Å². The number of hydrogen-bond acceptors (Lipinski definition) is 6. The molecule has 166 valence electrons. The van der Waals surface area contributed by atoms with E-state index >= 15 is 0 Å². The van der Waals surface area contributed by atoms with Gasteiger partial charge in [0, 0.05) is 6.61 Å². The van der Waals surface area contributed by atoms with Crippen LogP contribution in [0.3, 0.4) is 0 Å². The molecule has 1 unspecified atom stereocenters. The Bertz CT molecular complexity index is 669. The highest BCUT2D eigenvalue weighted by molar-refractivity contribution is 6.76. The third kappa shape index (κ3) is 6.24. The number of halogens is 1. The van der Waals surface area contributed by atoms with Gasteiger partial charge in [-0.25, -0.2) is 0 Å². The van der Waals surface area contributed by atoms with Crippen LogP contribution in [0.5, 0.6) is 0 Å². The second-order valence-electron chi connectivity index (χ2n) is 8.59. The van der Waals surface area contributed by atoms with Gasteiger partial charge < -0.3 is 24.0 Å². The zero-order valence-corrected chi connectivity index (χ0v) is 19.9. The zero-order chi connectivity index (χ0) is 21.7. The highest BCUT2D eigenvalue weighted by atomic mass is 35.5.